The molecule has 0 aliphatic heterocycles. The van der Waals surface area contributed by atoms with E-state index in [0.717, 1.165) is 0 Å². The van der Waals surface area contributed by atoms with E-state index in [9.17, 15) is 0 Å². The zero-order valence-electron chi connectivity index (χ0n) is 8.36. The fraction of sp³-hybridized carbons (Fsp3) is 0.231. The molecule has 0 aliphatic rings. The lowest BCUT2D eigenvalue weighted by Crippen LogP contribution is -1.60. The average molecular weight is 202 g/mol. The monoisotopic (exact) mass is 202 g/mol. The van der Waals surface area contributed by atoms with Gasteiger partial charge in [-0.2, -0.15) is 0 Å². The topological polar surface area (TPSA) is 0 Å². The highest BCUT2D eigenvalue weighted by molar-refractivity contribution is 7.19. The van der Waals surface area contributed by atoms with Crippen molar-refractivity contribution in [1.29, 1.82) is 0 Å². The lowest BCUT2D eigenvalue weighted by Gasteiger charge is -1.83. The van der Waals surface area contributed by atoms with Crippen LogP contribution in [0, 0.1) is 0 Å². The minimum atomic E-state index is 1.17. The van der Waals surface area contributed by atoms with Gasteiger partial charge in [-0.25, -0.2) is 0 Å². The molecule has 0 radical (unpaired) electrons. The predicted octanol–water partition coefficient (Wildman–Crippen LogP) is 4.71. The van der Waals surface area contributed by atoms with Crippen LogP contribution in [-0.4, -0.2) is 0 Å². The maximum absolute atomic E-state index is 2.26. The van der Waals surface area contributed by atoms with Gasteiger partial charge in [0.2, 0.25) is 0 Å². The molecule has 72 valence electrons. The molecule has 0 N–H and O–H groups in total. The molecule has 1 aromatic carbocycles. The van der Waals surface area contributed by atoms with E-state index in [1.165, 1.54) is 27.8 Å². The standard InChI is InChI=1S/C13H14S/c1-2-3-4-8-12-10-11-7-5-6-9-13(11)14-12/h4-10H,2-3H2,1H3/b8-4+. The molecule has 0 saturated heterocycles. The molecule has 1 aromatic heterocycles. The second-order valence-corrected chi connectivity index (χ2v) is 4.49. The average Bonchev–Trinajstić information content (AvgIpc) is 2.60. The van der Waals surface area contributed by atoms with Crippen LogP contribution in [0.15, 0.2) is 36.4 Å². The number of thiophene rings is 1. The van der Waals surface area contributed by atoms with E-state index in [2.05, 4.69) is 49.4 Å². The van der Waals surface area contributed by atoms with Gasteiger partial charge in [0, 0.05) is 9.58 Å². The minimum absolute atomic E-state index is 1.17. The summed E-state index contributed by atoms with van der Waals surface area (Å²) < 4.78 is 1.38. The third-order valence-corrected chi connectivity index (χ3v) is 3.26. The van der Waals surface area contributed by atoms with E-state index in [4.69, 9.17) is 0 Å². The molecule has 14 heavy (non-hydrogen) atoms. The molecular formula is C13H14S. The Labute approximate surface area is 88.9 Å². The highest BCUT2D eigenvalue weighted by atomic mass is 32.1. The Morgan fingerprint density at radius 3 is 2.93 bits per heavy atom. The number of hydrogen-bond donors (Lipinski definition) is 0. The number of unbranched alkanes of at least 4 members (excludes halogenated alkanes) is 1. The maximum Gasteiger partial charge on any atom is 0.0349 e. The summed E-state index contributed by atoms with van der Waals surface area (Å²) >= 11 is 1.86. The van der Waals surface area contributed by atoms with Crippen LogP contribution in [0.2, 0.25) is 0 Å². The minimum Gasteiger partial charge on any atom is -0.136 e. The van der Waals surface area contributed by atoms with E-state index in [1.807, 2.05) is 11.3 Å². The van der Waals surface area contributed by atoms with Gasteiger partial charge in [-0.3, -0.25) is 0 Å². The summed E-state index contributed by atoms with van der Waals surface area (Å²) in [6.45, 7) is 2.20. The second-order valence-electron chi connectivity index (χ2n) is 3.38. The Hall–Kier alpha value is -1.08. The van der Waals surface area contributed by atoms with Crippen molar-refractivity contribution < 1.29 is 0 Å². The van der Waals surface area contributed by atoms with Crippen LogP contribution in [0.5, 0.6) is 0 Å². The summed E-state index contributed by atoms with van der Waals surface area (Å²) in [7, 11) is 0. The molecule has 0 unspecified atom stereocenters. The molecular weight excluding hydrogens is 188 g/mol. The second kappa shape index (κ2) is 4.43. The Morgan fingerprint density at radius 1 is 1.29 bits per heavy atom. The van der Waals surface area contributed by atoms with Crippen molar-refractivity contribution in [2.24, 2.45) is 0 Å². The summed E-state index contributed by atoms with van der Waals surface area (Å²) in [6, 6.07) is 10.8. The van der Waals surface area contributed by atoms with Crippen molar-refractivity contribution in [2.45, 2.75) is 19.8 Å². The smallest absolute Gasteiger partial charge is 0.0349 e. The fourth-order valence-corrected chi connectivity index (χ4v) is 2.45. The lowest BCUT2D eigenvalue weighted by atomic mass is 10.2. The zero-order chi connectivity index (χ0) is 9.80. The number of hydrogen-bond acceptors (Lipinski definition) is 1. The van der Waals surface area contributed by atoms with Gasteiger partial charge in [0.05, 0.1) is 0 Å². The summed E-state index contributed by atoms with van der Waals surface area (Å²) in [4.78, 5) is 1.36. The van der Waals surface area contributed by atoms with Crippen LogP contribution in [0.3, 0.4) is 0 Å². The normalized spacial score (nSPS) is 11.5. The molecule has 0 atom stereocenters. The van der Waals surface area contributed by atoms with Crippen LogP contribution < -0.4 is 0 Å². The lowest BCUT2D eigenvalue weighted by molar-refractivity contribution is 0.962. The summed E-state index contributed by atoms with van der Waals surface area (Å²) in [6.07, 6.45) is 6.88. The number of fused-ring (bicyclic) bond motifs is 1. The van der Waals surface area contributed by atoms with Crippen molar-refractivity contribution in [3.8, 4) is 0 Å². The Morgan fingerprint density at radius 2 is 2.14 bits per heavy atom. The molecule has 0 nitrogen and oxygen atoms in total. The SMILES string of the molecule is CCC/C=C/c1cc2ccccc2s1. The molecule has 0 fully saturated rings. The van der Waals surface area contributed by atoms with E-state index < -0.39 is 0 Å². The molecule has 2 rings (SSSR count). The number of rotatable bonds is 3. The van der Waals surface area contributed by atoms with Gasteiger partial charge in [0.1, 0.15) is 0 Å². The largest absolute Gasteiger partial charge is 0.136 e. The van der Waals surface area contributed by atoms with Gasteiger partial charge in [-0.15, -0.1) is 11.3 Å². The van der Waals surface area contributed by atoms with E-state index >= 15 is 0 Å². The molecule has 0 amide bonds. The van der Waals surface area contributed by atoms with Gasteiger partial charge in [0.25, 0.3) is 0 Å². The first kappa shape index (κ1) is 9.47. The van der Waals surface area contributed by atoms with Gasteiger partial charge in [0.15, 0.2) is 0 Å². The number of benzene rings is 1. The van der Waals surface area contributed by atoms with Crippen molar-refractivity contribution in [1.82, 2.24) is 0 Å². The Balaban J connectivity index is 2.27. The van der Waals surface area contributed by atoms with Crippen LogP contribution >= 0.6 is 11.3 Å². The third-order valence-electron chi connectivity index (χ3n) is 2.18. The van der Waals surface area contributed by atoms with Crippen LogP contribution in [0.25, 0.3) is 16.2 Å². The predicted molar refractivity (Wildman–Crippen MR) is 65.8 cm³/mol. The summed E-state index contributed by atoms with van der Waals surface area (Å²) in [5.41, 5.74) is 0. The quantitative estimate of drug-likeness (QED) is 0.676. The highest BCUT2D eigenvalue weighted by Crippen LogP contribution is 2.26. The molecule has 2 aromatic rings. The first-order valence-electron chi connectivity index (χ1n) is 5.05. The van der Waals surface area contributed by atoms with Gasteiger partial charge >= 0.3 is 0 Å². The fourth-order valence-electron chi connectivity index (χ4n) is 1.45. The van der Waals surface area contributed by atoms with Crippen molar-refractivity contribution in [3.05, 3.63) is 41.3 Å². The highest BCUT2D eigenvalue weighted by Gasteiger charge is 1.96. The summed E-state index contributed by atoms with van der Waals surface area (Å²) in [5, 5.41) is 1.36. The molecule has 0 spiro atoms. The van der Waals surface area contributed by atoms with Gasteiger partial charge < -0.3 is 0 Å². The van der Waals surface area contributed by atoms with Gasteiger partial charge in [-0.1, -0.05) is 37.6 Å². The van der Waals surface area contributed by atoms with E-state index in [0.29, 0.717) is 0 Å². The van der Waals surface area contributed by atoms with Crippen LogP contribution in [0.1, 0.15) is 24.6 Å². The Bertz CT molecular complexity index is 404. The summed E-state index contributed by atoms with van der Waals surface area (Å²) in [5.74, 6) is 0. The Kier molecular flexibility index (Phi) is 3.00. The molecule has 1 heterocycles. The van der Waals surface area contributed by atoms with E-state index in [1.54, 1.807) is 0 Å². The van der Waals surface area contributed by atoms with Crippen molar-refractivity contribution in [2.75, 3.05) is 0 Å². The first-order valence-corrected chi connectivity index (χ1v) is 5.87. The molecule has 1 heteroatoms. The zero-order valence-corrected chi connectivity index (χ0v) is 9.18. The molecule has 0 saturated carbocycles. The van der Waals surface area contributed by atoms with Gasteiger partial charge in [-0.05, 0) is 30.0 Å². The number of allylic oxidation sites excluding steroid dienone is 1. The molecule has 0 bridgehead atoms. The van der Waals surface area contributed by atoms with E-state index in [-0.39, 0.29) is 0 Å². The van der Waals surface area contributed by atoms with Crippen LogP contribution in [0.4, 0.5) is 0 Å². The third kappa shape index (κ3) is 2.05. The molecule has 0 aliphatic carbocycles. The first-order chi connectivity index (χ1) is 6.90. The van der Waals surface area contributed by atoms with Crippen molar-refractivity contribution in [3.63, 3.8) is 0 Å². The van der Waals surface area contributed by atoms with Crippen molar-refractivity contribution >= 4 is 27.5 Å². The van der Waals surface area contributed by atoms with Crippen LogP contribution in [-0.2, 0) is 0 Å². The maximum atomic E-state index is 2.26.